The molecule has 1 aliphatic rings. The van der Waals surface area contributed by atoms with Crippen LogP contribution in [0.5, 0.6) is 11.5 Å². The Bertz CT molecular complexity index is 482. The highest BCUT2D eigenvalue weighted by Crippen LogP contribution is 2.30. The van der Waals surface area contributed by atoms with Crippen molar-refractivity contribution in [1.82, 2.24) is 5.32 Å². The largest absolute Gasteiger partial charge is 0.486 e. The van der Waals surface area contributed by atoms with Gasteiger partial charge in [0.05, 0.1) is 12.6 Å². The van der Waals surface area contributed by atoms with Gasteiger partial charge < -0.3 is 20.5 Å². The second kappa shape index (κ2) is 5.71. The van der Waals surface area contributed by atoms with Gasteiger partial charge in [-0.3, -0.25) is 4.79 Å². The lowest BCUT2D eigenvalue weighted by Crippen LogP contribution is -2.51. The van der Waals surface area contributed by atoms with E-state index in [0.717, 1.165) is 5.75 Å². The Hall–Kier alpha value is -1.75. The highest BCUT2D eigenvalue weighted by Gasteiger charge is 2.28. The van der Waals surface area contributed by atoms with Gasteiger partial charge in [-0.15, -0.1) is 0 Å². The topological polar surface area (TPSA) is 73.6 Å². The summed E-state index contributed by atoms with van der Waals surface area (Å²) >= 11 is 0. The molecule has 2 atom stereocenters. The summed E-state index contributed by atoms with van der Waals surface area (Å²) < 4.78 is 11.4. The Labute approximate surface area is 119 Å². The number of rotatable bonds is 3. The molecule has 0 spiro atoms. The maximum absolute atomic E-state index is 11.9. The first kappa shape index (κ1) is 14.7. The van der Waals surface area contributed by atoms with Gasteiger partial charge in [-0.1, -0.05) is 32.9 Å². The van der Waals surface area contributed by atoms with E-state index < -0.39 is 6.04 Å². The molecule has 1 aromatic rings. The summed E-state index contributed by atoms with van der Waals surface area (Å²) in [6.07, 6.45) is -0.194. The quantitative estimate of drug-likeness (QED) is 0.874. The summed E-state index contributed by atoms with van der Waals surface area (Å²) in [5, 5.41) is 2.82. The number of fused-ring (bicyclic) bond motifs is 1. The molecule has 0 fully saturated rings. The number of nitrogens with one attached hydrogen (secondary N) is 1. The number of amides is 1. The van der Waals surface area contributed by atoms with E-state index in [9.17, 15) is 4.79 Å². The van der Waals surface area contributed by atoms with Gasteiger partial charge in [0.15, 0.2) is 11.5 Å². The fraction of sp³-hybridized carbons (Fsp3) is 0.533. The van der Waals surface area contributed by atoms with E-state index in [4.69, 9.17) is 15.2 Å². The lowest BCUT2D eigenvalue weighted by Gasteiger charge is -2.29. The van der Waals surface area contributed by atoms with Crippen molar-refractivity contribution < 1.29 is 14.3 Å². The molecule has 20 heavy (non-hydrogen) atoms. The molecule has 0 aliphatic carbocycles. The molecule has 0 saturated heterocycles. The van der Waals surface area contributed by atoms with Gasteiger partial charge in [0, 0.05) is 0 Å². The van der Waals surface area contributed by atoms with Crippen molar-refractivity contribution in [1.29, 1.82) is 0 Å². The number of carbonyl (C=O) groups excluding carboxylic acids is 1. The van der Waals surface area contributed by atoms with Crippen LogP contribution in [0.3, 0.4) is 0 Å². The van der Waals surface area contributed by atoms with Gasteiger partial charge in [-0.05, 0) is 17.5 Å². The van der Waals surface area contributed by atoms with Gasteiger partial charge in [-0.25, -0.2) is 0 Å². The smallest absolute Gasteiger partial charge is 0.237 e. The van der Waals surface area contributed by atoms with Crippen LogP contribution in [0.1, 0.15) is 20.8 Å². The minimum Gasteiger partial charge on any atom is -0.486 e. The molecule has 5 heteroatoms. The minimum atomic E-state index is -0.542. The maximum atomic E-state index is 11.9. The molecule has 2 rings (SSSR count). The van der Waals surface area contributed by atoms with Gasteiger partial charge in [0.25, 0.3) is 0 Å². The highest BCUT2D eigenvalue weighted by atomic mass is 16.6. The molecule has 2 unspecified atom stereocenters. The predicted octanol–water partition coefficient (Wildman–Crippen LogP) is 1.32. The zero-order valence-electron chi connectivity index (χ0n) is 12.2. The second-order valence-corrected chi connectivity index (χ2v) is 6.09. The molecule has 1 aromatic carbocycles. The second-order valence-electron chi connectivity index (χ2n) is 6.09. The third-order valence-electron chi connectivity index (χ3n) is 3.29. The number of nitrogens with two attached hydrogens (primary N) is 1. The van der Waals surface area contributed by atoms with E-state index in [1.54, 1.807) is 0 Å². The van der Waals surface area contributed by atoms with Gasteiger partial charge in [-0.2, -0.15) is 0 Å². The van der Waals surface area contributed by atoms with Gasteiger partial charge in [0.1, 0.15) is 12.7 Å². The molecule has 5 nitrogen and oxygen atoms in total. The first-order chi connectivity index (χ1) is 9.38. The monoisotopic (exact) mass is 278 g/mol. The Morgan fingerprint density at radius 1 is 1.40 bits per heavy atom. The molecular formula is C15H22N2O3. The third kappa shape index (κ3) is 3.42. The Balaban J connectivity index is 1.86. The molecule has 0 radical (unpaired) electrons. The maximum Gasteiger partial charge on any atom is 0.237 e. The number of carbonyl (C=O) groups is 1. The number of hydrogen-bond acceptors (Lipinski definition) is 4. The fourth-order valence-electron chi connectivity index (χ4n) is 1.88. The number of para-hydroxylation sites is 2. The van der Waals surface area contributed by atoms with E-state index in [-0.39, 0.29) is 17.4 Å². The highest BCUT2D eigenvalue weighted by molar-refractivity contribution is 5.82. The average Bonchev–Trinajstić information content (AvgIpc) is 2.42. The number of hydrogen-bond donors (Lipinski definition) is 2. The standard InChI is InChI=1S/C15H22N2O3/c1-15(2,3)13(16)14(18)17-8-10-9-19-11-6-4-5-7-12(11)20-10/h4-7,10,13H,8-9,16H2,1-3H3,(H,17,18). The molecule has 0 bridgehead atoms. The predicted molar refractivity (Wildman–Crippen MR) is 76.8 cm³/mol. The van der Waals surface area contributed by atoms with E-state index in [2.05, 4.69) is 5.32 Å². The van der Waals surface area contributed by atoms with Crippen LogP contribution >= 0.6 is 0 Å². The Morgan fingerprint density at radius 2 is 2.05 bits per heavy atom. The average molecular weight is 278 g/mol. The molecule has 3 N–H and O–H groups in total. The summed E-state index contributed by atoms with van der Waals surface area (Å²) in [5.41, 5.74) is 5.64. The summed E-state index contributed by atoms with van der Waals surface area (Å²) in [6, 6.07) is 6.95. The third-order valence-corrected chi connectivity index (χ3v) is 3.29. The van der Waals surface area contributed by atoms with Crippen LogP contribution in [0.2, 0.25) is 0 Å². The van der Waals surface area contributed by atoms with Crippen molar-refractivity contribution in [2.45, 2.75) is 32.9 Å². The molecular weight excluding hydrogens is 256 g/mol. The zero-order chi connectivity index (χ0) is 14.8. The van der Waals surface area contributed by atoms with Crippen molar-refractivity contribution in [3.8, 4) is 11.5 Å². The van der Waals surface area contributed by atoms with Crippen molar-refractivity contribution in [2.24, 2.45) is 11.1 Å². The van der Waals surface area contributed by atoms with E-state index in [1.165, 1.54) is 0 Å². The normalized spacial score (nSPS) is 19.3. The van der Waals surface area contributed by atoms with Gasteiger partial charge >= 0.3 is 0 Å². The van der Waals surface area contributed by atoms with Crippen LogP contribution in [0.15, 0.2) is 24.3 Å². The number of benzene rings is 1. The Kier molecular flexibility index (Phi) is 4.18. The first-order valence-electron chi connectivity index (χ1n) is 6.79. The van der Waals surface area contributed by atoms with Gasteiger partial charge in [0.2, 0.25) is 5.91 Å². The van der Waals surface area contributed by atoms with Crippen LogP contribution in [-0.2, 0) is 4.79 Å². The molecule has 0 saturated carbocycles. The van der Waals surface area contributed by atoms with Crippen molar-refractivity contribution in [2.75, 3.05) is 13.2 Å². The van der Waals surface area contributed by atoms with Crippen molar-refractivity contribution in [3.63, 3.8) is 0 Å². The molecule has 0 aromatic heterocycles. The lowest BCUT2D eigenvalue weighted by atomic mass is 9.87. The van der Waals surface area contributed by atoms with Crippen LogP contribution in [0, 0.1) is 5.41 Å². The van der Waals surface area contributed by atoms with Crippen LogP contribution in [0.4, 0.5) is 0 Å². The summed E-state index contributed by atoms with van der Waals surface area (Å²) in [6.45, 7) is 6.62. The lowest BCUT2D eigenvalue weighted by molar-refractivity contribution is -0.125. The number of ether oxygens (including phenoxy) is 2. The molecule has 1 heterocycles. The fourth-order valence-corrected chi connectivity index (χ4v) is 1.88. The SMILES string of the molecule is CC(C)(C)C(N)C(=O)NCC1COc2ccccc2O1. The Morgan fingerprint density at radius 3 is 2.70 bits per heavy atom. The molecule has 1 amide bonds. The molecule has 110 valence electrons. The summed E-state index contributed by atoms with van der Waals surface area (Å²) in [5.74, 6) is 1.28. The van der Waals surface area contributed by atoms with Crippen LogP contribution in [0.25, 0.3) is 0 Å². The summed E-state index contributed by atoms with van der Waals surface area (Å²) in [7, 11) is 0. The van der Waals surface area contributed by atoms with Crippen molar-refractivity contribution >= 4 is 5.91 Å². The van der Waals surface area contributed by atoms with Crippen LogP contribution in [-0.4, -0.2) is 31.2 Å². The van der Waals surface area contributed by atoms with Crippen LogP contribution < -0.4 is 20.5 Å². The van der Waals surface area contributed by atoms with E-state index in [0.29, 0.717) is 18.9 Å². The zero-order valence-corrected chi connectivity index (χ0v) is 12.2. The van der Waals surface area contributed by atoms with E-state index in [1.807, 2.05) is 45.0 Å². The van der Waals surface area contributed by atoms with E-state index >= 15 is 0 Å². The first-order valence-corrected chi connectivity index (χ1v) is 6.79. The summed E-state index contributed by atoms with van der Waals surface area (Å²) in [4.78, 5) is 11.9. The molecule has 1 aliphatic heterocycles. The minimum absolute atomic E-state index is 0.167. The van der Waals surface area contributed by atoms with Crippen molar-refractivity contribution in [3.05, 3.63) is 24.3 Å².